The van der Waals surface area contributed by atoms with Crippen LogP contribution in [-0.4, -0.2) is 10.7 Å². The highest BCUT2D eigenvalue weighted by atomic mass is 32.1. The monoisotopic (exact) mass is 202 g/mol. The van der Waals surface area contributed by atoms with E-state index in [0.29, 0.717) is 12.1 Å². The van der Waals surface area contributed by atoms with Crippen LogP contribution in [0.25, 0.3) is 0 Å². The van der Waals surface area contributed by atoms with Crippen molar-refractivity contribution in [2.45, 2.75) is 6.42 Å². The van der Waals surface area contributed by atoms with Gasteiger partial charge in [0.05, 0.1) is 16.9 Å². The third-order valence-corrected chi connectivity index (χ3v) is 2.55. The van der Waals surface area contributed by atoms with Gasteiger partial charge < -0.3 is 5.41 Å². The van der Waals surface area contributed by atoms with E-state index in [2.05, 4.69) is 4.98 Å². The quantitative estimate of drug-likeness (QED) is 0.763. The van der Waals surface area contributed by atoms with Gasteiger partial charge in [0, 0.05) is 11.8 Å². The second-order valence-electron chi connectivity index (χ2n) is 3.01. The Morgan fingerprint density at radius 1 is 1.29 bits per heavy atom. The fourth-order valence-electron chi connectivity index (χ4n) is 1.25. The van der Waals surface area contributed by atoms with Crippen LogP contribution >= 0.6 is 11.3 Å². The predicted octanol–water partition coefficient (Wildman–Crippen LogP) is 2.75. The van der Waals surface area contributed by atoms with E-state index in [-0.39, 0.29) is 0 Å². The zero-order valence-corrected chi connectivity index (χ0v) is 8.42. The molecule has 1 N–H and O–H groups in total. The summed E-state index contributed by atoms with van der Waals surface area (Å²) in [7, 11) is 0. The molecule has 2 rings (SSSR count). The minimum Gasteiger partial charge on any atom is -0.303 e. The van der Waals surface area contributed by atoms with E-state index >= 15 is 0 Å². The van der Waals surface area contributed by atoms with Gasteiger partial charge in [0.1, 0.15) is 0 Å². The van der Waals surface area contributed by atoms with Crippen LogP contribution in [0.3, 0.4) is 0 Å². The van der Waals surface area contributed by atoms with Crippen LogP contribution < -0.4 is 0 Å². The van der Waals surface area contributed by atoms with E-state index in [1.54, 1.807) is 5.51 Å². The van der Waals surface area contributed by atoms with E-state index in [1.165, 1.54) is 11.3 Å². The van der Waals surface area contributed by atoms with Gasteiger partial charge in [-0.05, 0) is 5.56 Å². The summed E-state index contributed by atoms with van der Waals surface area (Å²) < 4.78 is 0. The first-order valence-electron chi connectivity index (χ1n) is 4.36. The number of benzene rings is 1. The number of nitrogens with one attached hydrogen (secondary N) is 1. The molecule has 70 valence electrons. The van der Waals surface area contributed by atoms with E-state index in [4.69, 9.17) is 5.41 Å². The number of hydrogen-bond donors (Lipinski definition) is 1. The summed E-state index contributed by atoms with van der Waals surface area (Å²) in [6.07, 6.45) is 0.657. The molecular formula is C11H10N2S. The van der Waals surface area contributed by atoms with E-state index in [0.717, 1.165) is 11.3 Å². The summed E-state index contributed by atoms with van der Waals surface area (Å²) >= 11 is 1.53. The van der Waals surface area contributed by atoms with Gasteiger partial charge in [-0.2, -0.15) is 0 Å². The third-order valence-electron chi connectivity index (χ3n) is 1.97. The normalized spacial score (nSPS) is 10.0. The molecule has 14 heavy (non-hydrogen) atoms. The third kappa shape index (κ3) is 2.06. The standard InChI is InChI=1S/C11H10N2S/c12-10(11-7-14-8-13-11)6-9-4-2-1-3-5-9/h1-5,7-8,12H,6H2. The number of thiazole rings is 1. The fraction of sp³-hybridized carbons (Fsp3) is 0.0909. The van der Waals surface area contributed by atoms with Crippen molar-refractivity contribution < 1.29 is 0 Å². The lowest BCUT2D eigenvalue weighted by atomic mass is 10.1. The molecule has 0 saturated heterocycles. The van der Waals surface area contributed by atoms with Gasteiger partial charge in [0.25, 0.3) is 0 Å². The Morgan fingerprint density at radius 2 is 2.07 bits per heavy atom. The van der Waals surface area contributed by atoms with Gasteiger partial charge in [-0.25, -0.2) is 4.98 Å². The van der Waals surface area contributed by atoms with Gasteiger partial charge >= 0.3 is 0 Å². The lowest BCUT2D eigenvalue weighted by molar-refractivity contribution is 1.24. The lowest BCUT2D eigenvalue weighted by Crippen LogP contribution is -2.03. The number of rotatable bonds is 3. The maximum atomic E-state index is 7.83. The molecule has 0 radical (unpaired) electrons. The first-order chi connectivity index (χ1) is 6.86. The number of aromatic nitrogens is 1. The van der Waals surface area contributed by atoms with Crippen molar-refractivity contribution >= 4 is 17.0 Å². The summed E-state index contributed by atoms with van der Waals surface area (Å²) in [5, 5.41) is 9.74. The Kier molecular flexibility index (Phi) is 2.70. The maximum absolute atomic E-state index is 7.83. The molecule has 2 aromatic rings. The molecule has 0 aliphatic heterocycles. The Labute approximate surface area is 86.8 Å². The minimum absolute atomic E-state index is 0.581. The predicted molar refractivity (Wildman–Crippen MR) is 59.1 cm³/mol. The van der Waals surface area contributed by atoms with Crippen molar-refractivity contribution in [3.05, 3.63) is 52.5 Å². The van der Waals surface area contributed by atoms with Crippen LogP contribution in [0, 0.1) is 5.41 Å². The smallest absolute Gasteiger partial charge is 0.0949 e. The first kappa shape index (κ1) is 9.09. The van der Waals surface area contributed by atoms with Crippen LogP contribution in [0.15, 0.2) is 41.2 Å². The topological polar surface area (TPSA) is 36.7 Å². The molecule has 0 aliphatic rings. The van der Waals surface area contributed by atoms with Crippen molar-refractivity contribution in [3.63, 3.8) is 0 Å². The molecular weight excluding hydrogens is 192 g/mol. The molecule has 1 heterocycles. The first-order valence-corrected chi connectivity index (χ1v) is 5.30. The van der Waals surface area contributed by atoms with Gasteiger partial charge in [0.15, 0.2) is 0 Å². The Bertz CT molecular complexity index is 406. The molecule has 0 aliphatic carbocycles. The molecule has 0 saturated carbocycles. The molecule has 2 nitrogen and oxygen atoms in total. The van der Waals surface area contributed by atoms with Crippen LogP contribution in [0.1, 0.15) is 11.3 Å². The molecule has 0 fully saturated rings. The largest absolute Gasteiger partial charge is 0.303 e. The van der Waals surface area contributed by atoms with Gasteiger partial charge in [-0.1, -0.05) is 30.3 Å². The summed E-state index contributed by atoms with van der Waals surface area (Å²) in [5.41, 5.74) is 4.29. The van der Waals surface area contributed by atoms with Crippen molar-refractivity contribution in [1.29, 1.82) is 5.41 Å². The molecule has 1 aromatic carbocycles. The van der Waals surface area contributed by atoms with Crippen LogP contribution in [-0.2, 0) is 6.42 Å². The Morgan fingerprint density at radius 3 is 2.71 bits per heavy atom. The lowest BCUT2D eigenvalue weighted by Gasteiger charge is -2.00. The zero-order chi connectivity index (χ0) is 9.80. The van der Waals surface area contributed by atoms with Crippen LogP contribution in [0.5, 0.6) is 0 Å². The maximum Gasteiger partial charge on any atom is 0.0949 e. The summed E-state index contributed by atoms with van der Waals surface area (Å²) in [4.78, 5) is 4.11. The fourth-order valence-corrected chi connectivity index (χ4v) is 1.82. The van der Waals surface area contributed by atoms with Crippen LogP contribution in [0.2, 0.25) is 0 Å². The summed E-state index contributed by atoms with van der Waals surface area (Å²) in [5.74, 6) is 0. The highest BCUT2D eigenvalue weighted by molar-refractivity contribution is 7.07. The van der Waals surface area contributed by atoms with Crippen molar-refractivity contribution in [1.82, 2.24) is 4.98 Å². The van der Waals surface area contributed by atoms with E-state index in [1.807, 2.05) is 35.7 Å². The molecule has 0 unspecified atom stereocenters. The summed E-state index contributed by atoms with van der Waals surface area (Å²) in [6, 6.07) is 10.0. The van der Waals surface area contributed by atoms with E-state index < -0.39 is 0 Å². The average molecular weight is 202 g/mol. The molecule has 1 aromatic heterocycles. The number of nitrogens with zero attached hydrogens (tertiary/aromatic N) is 1. The van der Waals surface area contributed by atoms with Gasteiger partial charge in [-0.3, -0.25) is 0 Å². The second kappa shape index (κ2) is 4.15. The Hall–Kier alpha value is -1.48. The minimum atomic E-state index is 0.581. The highest BCUT2D eigenvalue weighted by Gasteiger charge is 2.03. The Balaban J connectivity index is 2.10. The number of hydrogen-bond acceptors (Lipinski definition) is 3. The van der Waals surface area contributed by atoms with Gasteiger partial charge in [-0.15, -0.1) is 11.3 Å². The molecule has 0 amide bonds. The second-order valence-corrected chi connectivity index (χ2v) is 3.73. The van der Waals surface area contributed by atoms with Crippen LogP contribution in [0.4, 0.5) is 0 Å². The van der Waals surface area contributed by atoms with Crippen molar-refractivity contribution in [2.24, 2.45) is 0 Å². The van der Waals surface area contributed by atoms with Crippen molar-refractivity contribution in [3.8, 4) is 0 Å². The molecule has 0 spiro atoms. The molecule has 0 bridgehead atoms. The van der Waals surface area contributed by atoms with E-state index in [9.17, 15) is 0 Å². The zero-order valence-electron chi connectivity index (χ0n) is 7.60. The molecule has 0 atom stereocenters. The van der Waals surface area contributed by atoms with Gasteiger partial charge in [0.2, 0.25) is 0 Å². The average Bonchev–Trinajstić information content (AvgIpc) is 2.72. The van der Waals surface area contributed by atoms with Crippen molar-refractivity contribution in [2.75, 3.05) is 0 Å². The highest BCUT2D eigenvalue weighted by Crippen LogP contribution is 2.07. The molecule has 3 heteroatoms. The SMILES string of the molecule is N=C(Cc1ccccc1)c1cscn1. The summed E-state index contributed by atoms with van der Waals surface area (Å²) in [6.45, 7) is 0.